The summed E-state index contributed by atoms with van der Waals surface area (Å²) in [4.78, 5) is 24.7. The summed E-state index contributed by atoms with van der Waals surface area (Å²) in [7, 11) is 0. The Labute approximate surface area is 230 Å². The molecule has 0 unspecified atom stereocenters. The van der Waals surface area contributed by atoms with Crippen molar-refractivity contribution in [2.45, 2.75) is 104 Å². The van der Waals surface area contributed by atoms with Gasteiger partial charge in [-0.25, -0.2) is 4.79 Å². The topological polar surface area (TPSA) is 104 Å². The van der Waals surface area contributed by atoms with Gasteiger partial charge in [-0.05, 0) is 96.9 Å². The molecule has 208 valence electrons. The van der Waals surface area contributed by atoms with Crippen LogP contribution in [0.25, 0.3) is 0 Å². The van der Waals surface area contributed by atoms with E-state index in [1.807, 2.05) is 0 Å². The van der Waals surface area contributed by atoms with Gasteiger partial charge >= 0.3 is 11.9 Å². The van der Waals surface area contributed by atoms with Crippen LogP contribution in [0.4, 0.5) is 0 Å². The molecule has 4 aliphatic carbocycles. The molecule has 0 spiro atoms. The van der Waals surface area contributed by atoms with E-state index in [0.717, 1.165) is 25.7 Å². The Morgan fingerprint density at radius 3 is 2.35 bits per heavy atom. The van der Waals surface area contributed by atoms with E-state index in [9.17, 15) is 24.9 Å². The molecule has 0 aromatic carbocycles. The number of aliphatic hydroxyl groups is 2. The number of hydrogen-bond donors (Lipinski definition) is 3. The highest BCUT2D eigenvalue weighted by Gasteiger charge is 2.70. The van der Waals surface area contributed by atoms with Gasteiger partial charge in [-0.15, -0.1) is 0 Å². The number of esters is 1. The van der Waals surface area contributed by atoms with Crippen LogP contribution in [0.15, 0.2) is 21.7 Å². The van der Waals surface area contributed by atoms with E-state index in [1.165, 1.54) is 6.92 Å². The highest BCUT2D eigenvalue weighted by molar-refractivity contribution is 6.55. The van der Waals surface area contributed by atoms with E-state index in [2.05, 4.69) is 27.7 Å². The van der Waals surface area contributed by atoms with Crippen molar-refractivity contribution in [3.63, 3.8) is 0 Å². The Bertz CT molecular complexity index is 1000. The maximum absolute atomic E-state index is 12.6. The van der Waals surface area contributed by atoms with Crippen LogP contribution in [0.2, 0.25) is 0 Å². The third kappa shape index (κ3) is 4.58. The Hall–Kier alpha value is -1.08. The molecule has 6 nitrogen and oxygen atoms in total. The van der Waals surface area contributed by atoms with E-state index in [4.69, 9.17) is 27.9 Å². The molecule has 0 aromatic heterocycles. The number of aliphatic carboxylic acids is 1. The van der Waals surface area contributed by atoms with Gasteiger partial charge in [0, 0.05) is 12.5 Å². The number of hydrogen-bond acceptors (Lipinski definition) is 5. The molecular formula is C29H42Cl2O6. The number of rotatable bonds is 5. The van der Waals surface area contributed by atoms with Crippen LogP contribution in [0.5, 0.6) is 0 Å². The number of carboxylic acid groups (broad SMARTS) is 1. The van der Waals surface area contributed by atoms with Crippen molar-refractivity contribution in [2.75, 3.05) is 0 Å². The summed E-state index contributed by atoms with van der Waals surface area (Å²) in [5.74, 6) is -1.19. The minimum Gasteiger partial charge on any atom is -0.478 e. The Morgan fingerprint density at radius 2 is 1.76 bits per heavy atom. The van der Waals surface area contributed by atoms with Crippen LogP contribution in [0, 0.1) is 39.9 Å². The van der Waals surface area contributed by atoms with Crippen LogP contribution in [0.1, 0.15) is 86.0 Å². The van der Waals surface area contributed by atoms with Crippen molar-refractivity contribution in [1.29, 1.82) is 0 Å². The molecule has 4 fully saturated rings. The lowest BCUT2D eigenvalue weighted by molar-refractivity contribution is -0.234. The van der Waals surface area contributed by atoms with Crippen molar-refractivity contribution in [3.8, 4) is 0 Å². The number of carbonyl (C=O) groups excluding carboxylic acids is 1. The summed E-state index contributed by atoms with van der Waals surface area (Å²) >= 11 is 11.6. The van der Waals surface area contributed by atoms with Gasteiger partial charge in [0.05, 0.1) is 12.2 Å². The van der Waals surface area contributed by atoms with Crippen molar-refractivity contribution >= 4 is 35.1 Å². The summed E-state index contributed by atoms with van der Waals surface area (Å²) in [6, 6.07) is 0. The standard InChI is InChI=1S/C29H42Cl2O6/c1-15-18-9-12-28(4)25(27(18,3)11-10-20(15)33)21(34)13-19-24(17(26(35)36)7-6-8-23(30)31)22(37-16(2)32)14-29(19,28)5/h8,15,18-22,25,33-34H,6-7,9-14H2,1-5H3,(H,35,36)/t15-,18-,19-,20+,21+,22-,25-,27-,28-,29-/m0/s1. The molecule has 0 radical (unpaired) electrons. The number of carboxylic acids is 1. The monoisotopic (exact) mass is 556 g/mol. The van der Waals surface area contributed by atoms with Gasteiger partial charge in [0.1, 0.15) is 10.6 Å². The normalized spacial score (nSPS) is 46.2. The second-order valence-electron chi connectivity index (χ2n) is 12.9. The predicted octanol–water partition coefficient (Wildman–Crippen LogP) is 6.02. The number of ether oxygens (including phenoxy) is 1. The Morgan fingerprint density at radius 1 is 1.08 bits per heavy atom. The molecule has 0 amide bonds. The first-order valence-electron chi connectivity index (χ1n) is 13.7. The first kappa shape index (κ1) is 28.9. The largest absolute Gasteiger partial charge is 0.478 e. The minimum absolute atomic E-state index is 0.0125. The number of allylic oxidation sites excluding steroid dienone is 1. The SMILES string of the molecule is CC(=O)O[C@H]1C[C@@]2(C)[C@@H](C[C@@H](O)[C@H]3[C@@]4(C)CC[C@@H](O)[C@@H](C)[C@@H]4CC[C@@]32C)C1=C(CCC=C(Cl)Cl)C(=O)O. The number of aliphatic hydroxyl groups excluding tert-OH is 2. The fourth-order valence-electron chi connectivity index (χ4n) is 9.61. The van der Waals surface area contributed by atoms with Gasteiger partial charge < -0.3 is 20.1 Å². The van der Waals surface area contributed by atoms with E-state index >= 15 is 0 Å². The molecule has 8 heteroatoms. The van der Waals surface area contributed by atoms with E-state index < -0.39 is 24.1 Å². The molecule has 4 rings (SSSR count). The fraction of sp³-hybridized carbons (Fsp3) is 0.793. The summed E-state index contributed by atoms with van der Waals surface area (Å²) in [6.45, 7) is 10.3. The average molecular weight is 558 g/mol. The Kier molecular flexibility index (Phi) is 7.93. The van der Waals surface area contributed by atoms with Gasteiger partial charge in [-0.2, -0.15) is 0 Å². The molecule has 0 saturated heterocycles. The lowest BCUT2D eigenvalue weighted by Crippen LogP contribution is -2.65. The minimum atomic E-state index is -1.04. The highest BCUT2D eigenvalue weighted by atomic mass is 35.5. The molecule has 4 saturated carbocycles. The number of halogens is 2. The van der Waals surface area contributed by atoms with E-state index in [-0.39, 0.29) is 56.6 Å². The molecule has 37 heavy (non-hydrogen) atoms. The zero-order chi connectivity index (χ0) is 27.5. The van der Waals surface area contributed by atoms with Crippen LogP contribution >= 0.6 is 23.2 Å². The van der Waals surface area contributed by atoms with Gasteiger partial charge in [-0.1, -0.05) is 57.0 Å². The maximum Gasteiger partial charge on any atom is 0.331 e. The quantitative estimate of drug-likeness (QED) is 0.282. The molecular weight excluding hydrogens is 515 g/mol. The van der Waals surface area contributed by atoms with Gasteiger partial charge in [0.15, 0.2) is 0 Å². The van der Waals surface area contributed by atoms with E-state index in [0.29, 0.717) is 30.8 Å². The smallest absolute Gasteiger partial charge is 0.331 e. The van der Waals surface area contributed by atoms with Gasteiger partial charge in [0.25, 0.3) is 0 Å². The van der Waals surface area contributed by atoms with Crippen molar-refractivity contribution in [2.24, 2.45) is 39.9 Å². The first-order chi connectivity index (χ1) is 17.2. The summed E-state index contributed by atoms with van der Waals surface area (Å²) in [6.07, 6.45) is 4.98. The summed E-state index contributed by atoms with van der Waals surface area (Å²) < 4.78 is 5.91. The summed E-state index contributed by atoms with van der Waals surface area (Å²) in [5, 5.41) is 32.8. The number of fused-ring (bicyclic) bond motifs is 5. The molecule has 0 aliphatic heterocycles. The molecule has 4 aliphatic rings. The second kappa shape index (κ2) is 10.1. The van der Waals surface area contributed by atoms with Crippen molar-refractivity contribution in [1.82, 2.24) is 0 Å². The summed E-state index contributed by atoms with van der Waals surface area (Å²) in [5.41, 5.74) is 0.100. The average Bonchev–Trinajstić information content (AvgIpc) is 3.05. The zero-order valence-corrected chi connectivity index (χ0v) is 24.1. The fourth-order valence-corrected chi connectivity index (χ4v) is 9.83. The Balaban J connectivity index is 1.82. The third-order valence-corrected chi connectivity index (χ3v) is 11.6. The molecule has 10 atom stereocenters. The van der Waals surface area contributed by atoms with Gasteiger partial charge in [-0.3, -0.25) is 4.79 Å². The zero-order valence-electron chi connectivity index (χ0n) is 22.6. The van der Waals surface area contributed by atoms with Crippen molar-refractivity contribution < 1.29 is 29.6 Å². The van der Waals surface area contributed by atoms with Crippen LogP contribution in [-0.4, -0.2) is 45.6 Å². The third-order valence-electron chi connectivity index (χ3n) is 11.3. The lowest BCUT2D eigenvalue weighted by atomic mass is 9.36. The predicted molar refractivity (Wildman–Crippen MR) is 143 cm³/mol. The highest BCUT2D eigenvalue weighted by Crippen LogP contribution is 2.74. The maximum atomic E-state index is 12.6. The van der Waals surface area contributed by atoms with Crippen LogP contribution in [0.3, 0.4) is 0 Å². The first-order valence-corrected chi connectivity index (χ1v) is 14.4. The molecule has 3 N–H and O–H groups in total. The molecule has 0 aromatic rings. The van der Waals surface area contributed by atoms with E-state index in [1.54, 1.807) is 6.08 Å². The second-order valence-corrected chi connectivity index (χ2v) is 13.9. The number of carbonyl (C=O) groups is 2. The van der Waals surface area contributed by atoms with Crippen LogP contribution in [-0.2, 0) is 14.3 Å². The lowest BCUT2D eigenvalue weighted by Gasteiger charge is -2.69. The molecule has 0 heterocycles. The van der Waals surface area contributed by atoms with Crippen molar-refractivity contribution in [3.05, 3.63) is 21.7 Å². The van der Waals surface area contributed by atoms with Crippen LogP contribution < -0.4 is 0 Å². The molecule has 0 bridgehead atoms. The van der Waals surface area contributed by atoms with Gasteiger partial charge in [0.2, 0.25) is 0 Å².